The lowest BCUT2D eigenvalue weighted by molar-refractivity contribution is 0.0944. The first-order chi connectivity index (χ1) is 14.6. The first-order valence-corrected chi connectivity index (χ1v) is 10.8. The van der Waals surface area contributed by atoms with Crippen molar-refractivity contribution in [3.63, 3.8) is 0 Å². The zero-order valence-corrected chi connectivity index (χ0v) is 18.0. The Hall–Kier alpha value is -3.15. The minimum Gasteiger partial charge on any atom is -0.357 e. The highest BCUT2D eigenvalue weighted by atomic mass is 16.1. The average Bonchev–Trinajstić information content (AvgIpc) is 3.37. The highest BCUT2D eigenvalue weighted by molar-refractivity contribution is 5.94. The molecule has 1 aliphatic rings. The number of nitrogens with zero attached hydrogens (tertiary/aromatic N) is 4. The van der Waals surface area contributed by atoms with Crippen molar-refractivity contribution < 1.29 is 4.79 Å². The number of nitrogens with one attached hydrogen (secondary N) is 1. The monoisotopic (exact) mass is 403 g/mol. The third kappa shape index (κ3) is 3.95. The van der Waals surface area contributed by atoms with E-state index in [0.29, 0.717) is 12.2 Å². The number of carbonyl (C=O) groups is 1. The maximum Gasteiger partial charge on any atom is 0.272 e. The minimum absolute atomic E-state index is 0.119. The van der Waals surface area contributed by atoms with Crippen molar-refractivity contribution in [3.05, 3.63) is 70.7 Å². The highest BCUT2D eigenvalue weighted by Gasteiger charge is 2.26. The van der Waals surface area contributed by atoms with Crippen molar-refractivity contribution >= 4 is 11.7 Å². The van der Waals surface area contributed by atoms with Crippen molar-refractivity contribution in [2.24, 2.45) is 0 Å². The standard InChI is InChI=1S/C24H29N5O/c1-4-28(5-2)22-14-11-18(15-25-22)16-26-24(30)23-20-7-6-8-21(20)29(27-23)19-12-9-17(3)10-13-19/h9-15H,4-8,16H2,1-3H3,(H,26,30). The van der Waals surface area contributed by atoms with Crippen molar-refractivity contribution in [1.29, 1.82) is 0 Å². The van der Waals surface area contributed by atoms with E-state index in [0.717, 1.165) is 60.7 Å². The zero-order chi connectivity index (χ0) is 21.1. The molecule has 0 bridgehead atoms. The quantitative estimate of drug-likeness (QED) is 0.651. The molecule has 0 saturated heterocycles. The van der Waals surface area contributed by atoms with Crippen LogP contribution in [0.4, 0.5) is 5.82 Å². The Labute approximate surface area is 177 Å². The maximum atomic E-state index is 12.9. The maximum absolute atomic E-state index is 12.9. The van der Waals surface area contributed by atoms with E-state index in [2.05, 4.69) is 65.3 Å². The van der Waals surface area contributed by atoms with Gasteiger partial charge in [0.1, 0.15) is 5.82 Å². The van der Waals surface area contributed by atoms with Gasteiger partial charge >= 0.3 is 0 Å². The van der Waals surface area contributed by atoms with Crippen LogP contribution in [0.1, 0.15) is 53.1 Å². The van der Waals surface area contributed by atoms with Crippen LogP contribution in [-0.4, -0.2) is 33.8 Å². The van der Waals surface area contributed by atoms with Crippen LogP contribution in [0.3, 0.4) is 0 Å². The van der Waals surface area contributed by atoms with Crippen LogP contribution in [0, 0.1) is 6.92 Å². The first-order valence-electron chi connectivity index (χ1n) is 10.8. The predicted molar refractivity (Wildman–Crippen MR) is 119 cm³/mol. The average molecular weight is 404 g/mol. The van der Waals surface area contributed by atoms with Gasteiger partial charge in [-0.1, -0.05) is 23.8 Å². The SMILES string of the molecule is CCN(CC)c1ccc(CNC(=O)c2nn(-c3ccc(C)cc3)c3c2CCC3)cn1. The summed E-state index contributed by atoms with van der Waals surface area (Å²) in [5, 5.41) is 7.71. The molecule has 3 aromatic rings. The second-order valence-electron chi connectivity index (χ2n) is 7.75. The number of fused-ring (bicyclic) bond motifs is 1. The molecule has 2 aromatic heterocycles. The van der Waals surface area contributed by atoms with E-state index in [1.165, 1.54) is 5.56 Å². The molecule has 0 atom stereocenters. The van der Waals surface area contributed by atoms with Crippen LogP contribution >= 0.6 is 0 Å². The Morgan fingerprint density at radius 2 is 1.87 bits per heavy atom. The molecule has 4 rings (SSSR count). The Balaban J connectivity index is 1.49. The summed E-state index contributed by atoms with van der Waals surface area (Å²) in [5.74, 6) is 0.844. The van der Waals surface area contributed by atoms with Gasteiger partial charge in [0.25, 0.3) is 5.91 Å². The lowest BCUT2D eigenvalue weighted by Crippen LogP contribution is -2.25. The number of benzene rings is 1. The summed E-state index contributed by atoms with van der Waals surface area (Å²) < 4.78 is 1.94. The number of amides is 1. The van der Waals surface area contributed by atoms with E-state index < -0.39 is 0 Å². The van der Waals surface area contributed by atoms with Crippen molar-refractivity contribution in [1.82, 2.24) is 20.1 Å². The number of carbonyl (C=O) groups excluding carboxylic acids is 1. The number of hydrogen-bond acceptors (Lipinski definition) is 4. The summed E-state index contributed by atoms with van der Waals surface area (Å²) in [4.78, 5) is 19.7. The molecule has 2 heterocycles. The van der Waals surface area contributed by atoms with Crippen LogP contribution in [-0.2, 0) is 19.4 Å². The molecule has 0 spiro atoms. The van der Waals surface area contributed by atoms with Gasteiger partial charge in [0.05, 0.1) is 5.69 Å². The number of aryl methyl sites for hydroxylation is 1. The van der Waals surface area contributed by atoms with Gasteiger partial charge < -0.3 is 10.2 Å². The number of rotatable bonds is 7. The van der Waals surface area contributed by atoms with Gasteiger partial charge in [0, 0.05) is 37.1 Å². The molecule has 1 amide bonds. The molecule has 6 nitrogen and oxygen atoms in total. The summed E-state index contributed by atoms with van der Waals surface area (Å²) in [5.41, 5.74) is 6.00. The van der Waals surface area contributed by atoms with Gasteiger partial charge in [-0.3, -0.25) is 4.79 Å². The van der Waals surface area contributed by atoms with Gasteiger partial charge in [-0.15, -0.1) is 0 Å². The van der Waals surface area contributed by atoms with E-state index in [9.17, 15) is 4.79 Å². The number of anilines is 1. The third-order valence-electron chi connectivity index (χ3n) is 5.77. The first kappa shape index (κ1) is 20.1. The molecule has 1 aromatic carbocycles. The van der Waals surface area contributed by atoms with Crippen molar-refractivity contribution in [3.8, 4) is 5.69 Å². The van der Waals surface area contributed by atoms with Crippen LogP contribution in [0.2, 0.25) is 0 Å². The summed E-state index contributed by atoms with van der Waals surface area (Å²) in [6, 6.07) is 12.3. The molecule has 1 N–H and O–H groups in total. The topological polar surface area (TPSA) is 63.1 Å². The predicted octanol–water partition coefficient (Wildman–Crippen LogP) is 3.84. The van der Waals surface area contributed by atoms with E-state index in [-0.39, 0.29) is 5.91 Å². The molecule has 1 aliphatic carbocycles. The number of hydrogen-bond donors (Lipinski definition) is 1. The summed E-state index contributed by atoms with van der Waals surface area (Å²) in [6.45, 7) is 8.60. The van der Waals surface area contributed by atoms with E-state index in [4.69, 9.17) is 0 Å². The van der Waals surface area contributed by atoms with Gasteiger partial charge in [-0.25, -0.2) is 9.67 Å². The normalized spacial score (nSPS) is 12.6. The molecule has 0 radical (unpaired) electrons. The fourth-order valence-electron chi connectivity index (χ4n) is 4.04. The van der Waals surface area contributed by atoms with Crippen molar-refractivity contribution in [2.45, 2.75) is 46.6 Å². The molecular formula is C24H29N5O. The van der Waals surface area contributed by atoms with Crippen LogP contribution < -0.4 is 10.2 Å². The minimum atomic E-state index is -0.119. The smallest absolute Gasteiger partial charge is 0.272 e. The Morgan fingerprint density at radius 3 is 2.53 bits per heavy atom. The molecule has 0 saturated carbocycles. The van der Waals surface area contributed by atoms with Gasteiger partial charge in [-0.05, 0) is 63.8 Å². The van der Waals surface area contributed by atoms with Crippen molar-refractivity contribution in [2.75, 3.05) is 18.0 Å². The molecule has 30 heavy (non-hydrogen) atoms. The Bertz CT molecular complexity index is 1020. The molecular weight excluding hydrogens is 374 g/mol. The number of aromatic nitrogens is 3. The second kappa shape index (κ2) is 8.69. The highest BCUT2D eigenvalue weighted by Crippen LogP contribution is 2.28. The van der Waals surface area contributed by atoms with E-state index in [1.54, 1.807) is 0 Å². The third-order valence-corrected chi connectivity index (χ3v) is 5.77. The summed E-state index contributed by atoms with van der Waals surface area (Å²) in [7, 11) is 0. The lowest BCUT2D eigenvalue weighted by atomic mass is 10.2. The van der Waals surface area contributed by atoms with Crippen LogP contribution in [0.5, 0.6) is 0 Å². The zero-order valence-electron chi connectivity index (χ0n) is 18.0. The molecule has 0 unspecified atom stereocenters. The Kier molecular flexibility index (Phi) is 5.84. The second-order valence-corrected chi connectivity index (χ2v) is 7.75. The van der Waals surface area contributed by atoms with Gasteiger partial charge in [0.15, 0.2) is 5.69 Å². The molecule has 0 fully saturated rings. The van der Waals surface area contributed by atoms with E-state index >= 15 is 0 Å². The fraction of sp³-hybridized carbons (Fsp3) is 0.375. The molecule has 156 valence electrons. The number of pyridine rings is 1. The lowest BCUT2D eigenvalue weighted by Gasteiger charge is -2.19. The summed E-state index contributed by atoms with van der Waals surface area (Å²) >= 11 is 0. The summed E-state index contributed by atoms with van der Waals surface area (Å²) in [6.07, 6.45) is 4.77. The van der Waals surface area contributed by atoms with Crippen LogP contribution in [0.15, 0.2) is 42.6 Å². The van der Waals surface area contributed by atoms with Gasteiger partial charge in [-0.2, -0.15) is 5.10 Å². The molecule has 0 aliphatic heterocycles. The van der Waals surface area contributed by atoms with E-state index in [1.807, 2.05) is 23.0 Å². The molecule has 6 heteroatoms. The fourth-order valence-corrected chi connectivity index (χ4v) is 4.04. The largest absolute Gasteiger partial charge is 0.357 e. The Morgan fingerprint density at radius 1 is 1.10 bits per heavy atom. The van der Waals surface area contributed by atoms with Crippen LogP contribution in [0.25, 0.3) is 5.69 Å². The van der Waals surface area contributed by atoms with Gasteiger partial charge in [0.2, 0.25) is 0 Å².